The first-order chi connectivity index (χ1) is 13.5. The van der Waals surface area contributed by atoms with Crippen molar-refractivity contribution in [3.05, 3.63) is 112 Å². The summed E-state index contributed by atoms with van der Waals surface area (Å²) in [5.74, 6) is -0.474. The molecule has 0 bridgehead atoms. The number of nitro groups is 1. The van der Waals surface area contributed by atoms with E-state index in [-0.39, 0.29) is 17.4 Å². The third kappa shape index (κ3) is 4.76. The Kier molecular flexibility index (Phi) is 5.72. The summed E-state index contributed by atoms with van der Waals surface area (Å²) in [6.45, 7) is 0. The average molecular weight is 372 g/mol. The summed E-state index contributed by atoms with van der Waals surface area (Å²) in [4.78, 5) is 34.7. The molecule has 6 heteroatoms. The van der Waals surface area contributed by atoms with Crippen LogP contribution in [0.2, 0.25) is 0 Å². The molecule has 1 amide bonds. The Balaban J connectivity index is 1.64. The molecule has 0 unspecified atom stereocenters. The number of rotatable bonds is 6. The SMILES string of the molecule is O=C(/C=C/c1cccc([N+](=O)[O-])c1)Nc1ccc(C(=O)c2ccccc2)cc1. The van der Waals surface area contributed by atoms with Crippen molar-refractivity contribution in [2.24, 2.45) is 0 Å². The second kappa shape index (κ2) is 8.55. The first-order valence-corrected chi connectivity index (χ1v) is 8.46. The standard InChI is InChI=1S/C22H16N2O4/c25-21(14-9-16-5-4-8-20(15-16)24(27)28)23-19-12-10-18(11-13-19)22(26)17-6-2-1-3-7-17/h1-15H,(H,23,25)/b14-9+. The van der Waals surface area contributed by atoms with Crippen molar-refractivity contribution >= 4 is 29.1 Å². The molecule has 3 rings (SSSR count). The molecule has 0 saturated carbocycles. The lowest BCUT2D eigenvalue weighted by atomic mass is 10.0. The fourth-order valence-corrected chi connectivity index (χ4v) is 2.56. The molecule has 0 atom stereocenters. The zero-order valence-corrected chi connectivity index (χ0v) is 14.7. The molecule has 0 saturated heterocycles. The van der Waals surface area contributed by atoms with Crippen molar-refractivity contribution in [1.29, 1.82) is 0 Å². The summed E-state index contributed by atoms with van der Waals surface area (Å²) in [6, 6.07) is 21.5. The molecular weight excluding hydrogens is 356 g/mol. The molecule has 0 radical (unpaired) electrons. The van der Waals surface area contributed by atoms with Gasteiger partial charge in [0.15, 0.2) is 5.78 Å². The van der Waals surface area contributed by atoms with Crippen molar-refractivity contribution in [2.45, 2.75) is 0 Å². The van der Waals surface area contributed by atoms with Gasteiger partial charge >= 0.3 is 0 Å². The normalized spacial score (nSPS) is 10.6. The third-order valence-electron chi connectivity index (χ3n) is 3.96. The van der Waals surface area contributed by atoms with Crippen LogP contribution in [0.15, 0.2) is 84.9 Å². The fraction of sp³-hybridized carbons (Fsp3) is 0. The zero-order valence-electron chi connectivity index (χ0n) is 14.7. The maximum atomic E-state index is 12.4. The van der Waals surface area contributed by atoms with Crippen LogP contribution in [-0.2, 0) is 4.79 Å². The van der Waals surface area contributed by atoms with Gasteiger partial charge in [0, 0.05) is 35.0 Å². The Bertz CT molecular complexity index is 1040. The highest BCUT2D eigenvalue weighted by molar-refractivity contribution is 6.09. The predicted octanol–water partition coefficient (Wildman–Crippen LogP) is 4.48. The van der Waals surface area contributed by atoms with E-state index in [2.05, 4.69) is 5.32 Å². The van der Waals surface area contributed by atoms with Gasteiger partial charge in [-0.15, -0.1) is 0 Å². The van der Waals surface area contributed by atoms with Gasteiger partial charge < -0.3 is 5.32 Å². The van der Waals surface area contributed by atoms with E-state index in [1.807, 2.05) is 6.07 Å². The number of carbonyl (C=O) groups is 2. The Morgan fingerprint density at radius 1 is 0.857 bits per heavy atom. The molecule has 0 aromatic heterocycles. The van der Waals surface area contributed by atoms with Gasteiger partial charge in [-0.25, -0.2) is 0 Å². The zero-order chi connectivity index (χ0) is 19.9. The molecule has 0 fully saturated rings. The monoisotopic (exact) mass is 372 g/mol. The quantitative estimate of drug-likeness (QED) is 0.299. The van der Waals surface area contributed by atoms with E-state index in [1.54, 1.807) is 60.7 Å². The van der Waals surface area contributed by atoms with Crippen LogP contribution < -0.4 is 5.32 Å². The van der Waals surface area contributed by atoms with Gasteiger partial charge in [0.05, 0.1) is 4.92 Å². The number of nitrogens with one attached hydrogen (secondary N) is 1. The summed E-state index contributed by atoms with van der Waals surface area (Å²) in [7, 11) is 0. The van der Waals surface area contributed by atoms with Crippen molar-refractivity contribution in [1.82, 2.24) is 0 Å². The van der Waals surface area contributed by atoms with E-state index >= 15 is 0 Å². The number of non-ortho nitro benzene ring substituents is 1. The van der Waals surface area contributed by atoms with Gasteiger partial charge in [-0.2, -0.15) is 0 Å². The van der Waals surface area contributed by atoms with Crippen LogP contribution in [-0.4, -0.2) is 16.6 Å². The molecule has 138 valence electrons. The summed E-state index contributed by atoms with van der Waals surface area (Å²) in [5.41, 5.74) is 2.17. The minimum Gasteiger partial charge on any atom is -0.323 e. The summed E-state index contributed by atoms with van der Waals surface area (Å²) in [5, 5.41) is 13.5. The van der Waals surface area contributed by atoms with Gasteiger partial charge in [-0.1, -0.05) is 42.5 Å². The number of hydrogen-bond donors (Lipinski definition) is 1. The van der Waals surface area contributed by atoms with Crippen molar-refractivity contribution in [3.63, 3.8) is 0 Å². The number of benzene rings is 3. The summed E-state index contributed by atoms with van der Waals surface area (Å²) in [6.07, 6.45) is 2.79. The molecule has 3 aromatic rings. The van der Waals surface area contributed by atoms with Crippen molar-refractivity contribution in [3.8, 4) is 0 Å². The molecule has 3 aromatic carbocycles. The van der Waals surface area contributed by atoms with E-state index in [1.165, 1.54) is 24.3 Å². The minimum absolute atomic E-state index is 0.0405. The van der Waals surface area contributed by atoms with Crippen LogP contribution in [0, 0.1) is 10.1 Å². The smallest absolute Gasteiger partial charge is 0.270 e. The molecule has 6 nitrogen and oxygen atoms in total. The molecule has 0 heterocycles. The fourth-order valence-electron chi connectivity index (χ4n) is 2.56. The number of nitrogens with zero attached hydrogens (tertiary/aromatic N) is 1. The second-order valence-electron chi connectivity index (χ2n) is 5.95. The second-order valence-corrected chi connectivity index (χ2v) is 5.95. The molecule has 1 N–H and O–H groups in total. The van der Waals surface area contributed by atoms with Crippen LogP contribution >= 0.6 is 0 Å². The largest absolute Gasteiger partial charge is 0.323 e. The summed E-state index contributed by atoms with van der Waals surface area (Å²) < 4.78 is 0. The number of ketones is 1. The number of hydrogen-bond acceptors (Lipinski definition) is 4. The highest BCUT2D eigenvalue weighted by Gasteiger charge is 2.08. The van der Waals surface area contributed by atoms with E-state index in [0.717, 1.165) is 0 Å². The van der Waals surface area contributed by atoms with Gasteiger partial charge in [0.25, 0.3) is 5.69 Å². The van der Waals surface area contributed by atoms with E-state index < -0.39 is 4.92 Å². The molecule has 0 spiro atoms. The Hall–Kier alpha value is -4.06. The van der Waals surface area contributed by atoms with E-state index in [4.69, 9.17) is 0 Å². The van der Waals surface area contributed by atoms with E-state index in [0.29, 0.717) is 22.4 Å². The van der Waals surface area contributed by atoms with Crippen LogP contribution in [0.25, 0.3) is 6.08 Å². The maximum Gasteiger partial charge on any atom is 0.270 e. The maximum absolute atomic E-state index is 12.4. The molecule has 0 aliphatic carbocycles. The topological polar surface area (TPSA) is 89.3 Å². The lowest BCUT2D eigenvalue weighted by Crippen LogP contribution is -2.08. The molecule has 0 aliphatic heterocycles. The third-order valence-corrected chi connectivity index (χ3v) is 3.96. The predicted molar refractivity (Wildman–Crippen MR) is 107 cm³/mol. The van der Waals surface area contributed by atoms with Crippen molar-refractivity contribution < 1.29 is 14.5 Å². The van der Waals surface area contributed by atoms with Gasteiger partial charge in [-0.3, -0.25) is 19.7 Å². The summed E-state index contributed by atoms with van der Waals surface area (Å²) >= 11 is 0. The minimum atomic E-state index is -0.490. The van der Waals surface area contributed by atoms with Crippen LogP contribution in [0.5, 0.6) is 0 Å². The Morgan fingerprint density at radius 3 is 2.21 bits per heavy atom. The van der Waals surface area contributed by atoms with Crippen molar-refractivity contribution in [2.75, 3.05) is 5.32 Å². The van der Waals surface area contributed by atoms with Gasteiger partial charge in [0.2, 0.25) is 5.91 Å². The van der Waals surface area contributed by atoms with Crippen LogP contribution in [0.1, 0.15) is 21.5 Å². The number of anilines is 1. The Morgan fingerprint density at radius 2 is 1.54 bits per heavy atom. The molecule has 28 heavy (non-hydrogen) atoms. The molecule has 0 aliphatic rings. The average Bonchev–Trinajstić information content (AvgIpc) is 2.73. The number of carbonyl (C=O) groups excluding carboxylic acids is 2. The highest BCUT2D eigenvalue weighted by atomic mass is 16.6. The highest BCUT2D eigenvalue weighted by Crippen LogP contribution is 2.16. The van der Waals surface area contributed by atoms with Gasteiger partial charge in [-0.05, 0) is 35.9 Å². The van der Waals surface area contributed by atoms with Gasteiger partial charge in [0.1, 0.15) is 0 Å². The van der Waals surface area contributed by atoms with Crippen LogP contribution in [0.4, 0.5) is 11.4 Å². The lowest BCUT2D eigenvalue weighted by Gasteiger charge is -2.05. The first kappa shape index (κ1) is 18.7. The number of amides is 1. The lowest BCUT2D eigenvalue weighted by molar-refractivity contribution is -0.384. The van der Waals surface area contributed by atoms with Crippen LogP contribution in [0.3, 0.4) is 0 Å². The van der Waals surface area contributed by atoms with E-state index in [9.17, 15) is 19.7 Å². The molecular formula is C22H16N2O4. The number of nitro benzene ring substituents is 1. The first-order valence-electron chi connectivity index (χ1n) is 8.46. The Labute approximate surface area is 161 Å².